The van der Waals surface area contributed by atoms with Crippen molar-refractivity contribution in [3.63, 3.8) is 0 Å². The van der Waals surface area contributed by atoms with E-state index in [-0.39, 0.29) is 40.7 Å². The number of esters is 1. The maximum atomic E-state index is 12.2. The van der Waals surface area contributed by atoms with Crippen LogP contribution >= 0.6 is 0 Å². The zero-order valence-corrected chi connectivity index (χ0v) is 21.8. The maximum Gasteiger partial charge on any atom is 0.303 e. The van der Waals surface area contributed by atoms with Crippen molar-refractivity contribution < 1.29 is 19.7 Å². The van der Waals surface area contributed by atoms with Crippen LogP contribution in [0.25, 0.3) is 0 Å². The number of fused-ring (bicyclic) bond motifs is 5. The van der Waals surface area contributed by atoms with Crippen LogP contribution in [0.3, 0.4) is 0 Å². The fourth-order valence-electron chi connectivity index (χ4n) is 9.35. The SMILES string of the molecule is CC(=O)O[C@@H]1[C@@H](O)[C@H]2[C@@H]3CC=C4C[C@@H](O)CC[C@]4(C)[C@H]3CC[C@]2(C)[C@H]1[C@H](C)C1=NC[C@@H](C)CC1. The summed E-state index contributed by atoms with van der Waals surface area (Å²) in [7, 11) is 0. The highest BCUT2D eigenvalue weighted by Gasteiger charge is 2.66. The van der Waals surface area contributed by atoms with E-state index in [4.69, 9.17) is 9.73 Å². The van der Waals surface area contributed by atoms with Crippen molar-refractivity contribution in [2.45, 2.75) is 104 Å². The van der Waals surface area contributed by atoms with Gasteiger partial charge in [0.2, 0.25) is 0 Å². The molecule has 0 unspecified atom stereocenters. The van der Waals surface area contributed by atoms with Crippen molar-refractivity contribution in [3.8, 4) is 0 Å². The number of aliphatic hydroxyl groups excluding tert-OH is 2. The van der Waals surface area contributed by atoms with E-state index >= 15 is 0 Å². The summed E-state index contributed by atoms with van der Waals surface area (Å²) in [6, 6.07) is 0. The Morgan fingerprint density at radius 2 is 1.97 bits per heavy atom. The van der Waals surface area contributed by atoms with Crippen LogP contribution in [0.5, 0.6) is 0 Å². The molecule has 34 heavy (non-hydrogen) atoms. The number of aliphatic imine (C=N–C) groups is 1. The van der Waals surface area contributed by atoms with Gasteiger partial charge in [-0.15, -0.1) is 0 Å². The molecule has 5 rings (SSSR count). The molecule has 3 fully saturated rings. The Morgan fingerprint density at radius 1 is 1.21 bits per heavy atom. The molecule has 5 aliphatic rings. The summed E-state index contributed by atoms with van der Waals surface area (Å²) in [5.41, 5.74) is 2.74. The van der Waals surface area contributed by atoms with Gasteiger partial charge in [0.05, 0.1) is 12.2 Å². The third kappa shape index (κ3) is 3.72. The van der Waals surface area contributed by atoms with Crippen LogP contribution < -0.4 is 0 Å². The predicted molar refractivity (Wildman–Crippen MR) is 133 cm³/mol. The first-order valence-electron chi connectivity index (χ1n) is 13.8. The minimum Gasteiger partial charge on any atom is -0.459 e. The van der Waals surface area contributed by atoms with E-state index in [0.29, 0.717) is 17.8 Å². The number of nitrogens with zero attached hydrogens (tertiary/aromatic N) is 1. The zero-order chi connectivity index (χ0) is 24.4. The summed E-state index contributed by atoms with van der Waals surface area (Å²) in [6.07, 6.45) is 9.14. The van der Waals surface area contributed by atoms with E-state index in [1.54, 1.807) is 0 Å². The fraction of sp³-hybridized carbons (Fsp3) is 0.862. The largest absolute Gasteiger partial charge is 0.459 e. The van der Waals surface area contributed by atoms with Gasteiger partial charge in [0.15, 0.2) is 0 Å². The number of rotatable bonds is 3. The van der Waals surface area contributed by atoms with Gasteiger partial charge >= 0.3 is 5.97 Å². The highest BCUT2D eigenvalue weighted by Crippen LogP contribution is 2.67. The second-order valence-corrected chi connectivity index (χ2v) is 13.0. The Balaban J connectivity index is 1.51. The molecule has 0 aromatic rings. The number of carbonyl (C=O) groups excluding carboxylic acids is 1. The molecule has 190 valence electrons. The molecule has 0 bridgehead atoms. The zero-order valence-electron chi connectivity index (χ0n) is 21.8. The highest BCUT2D eigenvalue weighted by atomic mass is 16.6. The highest BCUT2D eigenvalue weighted by molar-refractivity contribution is 5.87. The summed E-state index contributed by atoms with van der Waals surface area (Å²) in [5, 5.41) is 22.1. The van der Waals surface area contributed by atoms with E-state index in [0.717, 1.165) is 51.5 Å². The van der Waals surface area contributed by atoms with Gasteiger partial charge in [0.25, 0.3) is 0 Å². The molecule has 0 aromatic heterocycles. The van der Waals surface area contributed by atoms with Crippen molar-refractivity contribution in [3.05, 3.63) is 11.6 Å². The monoisotopic (exact) mass is 471 g/mol. The number of carbonyl (C=O) groups is 1. The number of hydrogen-bond donors (Lipinski definition) is 2. The van der Waals surface area contributed by atoms with Gasteiger partial charge in [-0.05, 0) is 85.9 Å². The molecule has 1 aliphatic heterocycles. The van der Waals surface area contributed by atoms with Crippen molar-refractivity contribution in [1.29, 1.82) is 0 Å². The predicted octanol–water partition coefficient (Wildman–Crippen LogP) is 4.95. The summed E-state index contributed by atoms with van der Waals surface area (Å²) < 4.78 is 5.96. The molecule has 0 spiro atoms. The first-order chi connectivity index (χ1) is 16.1. The summed E-state index contributed by atoms with van der Waals surface area (Å²) in [5.74, 6) is 1.66. The van der Waals surface area contributed by atoms with Crippen LogP contribution in [-0.2, 0) is 9.53 Å². The molecule has 4 aliphatic carbocycles. The minimum atomic E-state index is -0.634. The van der Waals surface area contributed by atoms with E-state index < -0.39 is 12.2 Å². The van der Waals surface area contributed by atoms with Crippen LogP contribution in [0, 0.1) is 46.3 Å². The molecule has 1 heterocycles. The van der Waals surface area contributed by atoms with Crippen LogP contribution in [-0.4, -0.2) is 46.8 Å². The first kappa shape index (κ1) is 24.5. The van der Waals surface area contributed by atoms with Crippen molar-refractivity contribution in [2.24, 2.45) is 51.3 Å². The number of aliphatic hydroxyl groups is 2. The molecule has 0 aromatic carbocycles. The van der Waals surface area contributed by atoms with Crippen molar-refractivity contribution >= 4 is 11.7 Å². The first-order valence-corrected chi connectivity index (χ1v) is 13.8. The topological polar surface area (TPSA) is 79.1 Å². The number of hydrogen-bond acceptors (Lipinski definition) is 5. The summed E-state index contributed by atoms with van der Waals surface area (Å²) in [4.78, 5) is 17.2. The van der Waals surface area contributed by atoms with Gasteiger partial charge in [-0.3, -0.25) is 9.79 Å². The molecule has 0 amide bonds. The second kappa shape index (κ2) is 8.73. The van der Waals surface area contributed by atoms with Gasteiger partial charge in [0, 0.05) is 31.0 Å². The van der Waals surface area contributed by atoms with Crippen LogP contribution in [0.15, 0.2) is 16.6 Å². The Labute approximate surface area is 205 Å². The lowest BCUT2D eigenvalue weighted by molar-refractivity contribution is -0.155. The van der Waals surface area contributed by atoms with Gasteiger partial charge in [-0.2, -0.15) is 0 Å². The van der Waals surface area contributed by atoms with E-state index in [9.17, 15) is 15.0 Å². The van der Waals surface area contributed by atoms with Gasteiger partial charge in [-0.25, -0.2) is 0 Å². The lowest BCUT2D eigenvalue weighted by Gasteiger charge is -2.58. The number of ether oxygens (including phenoxy) is 1. The molecule has 3 saturated carbocycles. The van der Waals surface area contributed by atoms with E-state index in [2.05, 4.69) is 33.8 Å². The number of allylic oxidation sites excluding steroid dienone is 1. The molecule has 0 saturated heterocycles. The summed E-state index contributed by atoms with van der Waals surface area (Å²) in [6.45, 7) is 11.7. The minimum absolute atomic E-state index is 0.0818. The maximum absolute atomic E-state index is 12.2. The van der Waals surface area contributed by atoms with Crippen LogP contribution in [0.1, 0.15) is 86.0 Å². The Kier molecular flexibility index (Phi) is 6.29. The van der Waals surface area contributed by atoms with E-state index in [1.807, 2.05) is 0 Å². The lowest BCUT2D eigenvalue weighted by atomic mass is 9.46. The molecule has 2 N–H and O–H groups in total. The van der Waals surface area contributed by atoms with Gasteiger partial charge < -0.3 is 14.9 Å². The Bertz CT molecular complexity index is 881. The van der Waals surface area contributed by atoms with Crippen LogP contribution in [0.2, 0.25) is 0 Å². The summed E-state index contributed by atoms with van der Waals surface area (Å²) >= 11 is 0. The second-order valence-electron chi connectivity index (χ2n) is 13.0. The molecular formula is C29H45NO4. The molecule has 11 atom stereocenters. The third-order valence-corrected chi connectivity index (χ3v) is 11.1. The molecular weight excluding hydrogens is 426 g/mol. The lowest BCUT2D eigenvalue weighted by Crippen LogP contribution is -2.52. The average Bonchev–Trinajstić information content (AvgIpc) is 3.00. The third-order valence-electron chi connectivity index (χ3n) is 11.1. The van der Waals surface area contributed by atoms with Crippen LogP contribution in [0.4, 0.5) is 0 Å². The van der Waals surface area contributed by atoms with Gasteiger partial charge in [-0.1, -0.05) is 39.3 Å². The fourth-order valence-corrected chi connectivity index (χ4v) is 9.35. The van der Waals surface area contributed by atoms with Gasteiger partial charge in [0.1, 0.15) is 6.10 Å². The standard InChI is InChI=1S/C29H45NO4/c1-16-6-9-23(30-15-16)17(2)24-27(34-18(3)31)26(33)25-21-8-7-19-14-20(32)10-12-28(19,4)22(21)11-13-29(24,25)5/h7,16-17,20-22,24-27,32-33H,6,8-15H2,1-5H3/t16-,17+,20-,21+,22-,24-,25+,26-,27-,28-,29+/m0/s1. The Hall–Kier alpha value is -1.20. The smallest absolute Gasteiger partial charge is 0.303 e. The van der Waals surface area contributed by atoms with E-state index in [1.165, 1.54) is 24.6 Å². The van der Waals surface area contributed by atoms with Crippen molar-refractivity contribution in [2.75, 3.05) is 6.54 Å². The quantitative estimate of drug-likeness (QED) is 0.451. The molecule has 5 heteroatoms. The normalized spacial score (nSPS) is 49.1. The Morgan fingerprint density at radius 3 is 2.65 bits per heavy atom. The molecule has 0 radical (unpaired) electrons. The van der Waals surface area contributed by atoms with Crippen molar-refractivity contribution in [1.82, 2.24) is 0 Å². The molecule has 5 nitrogen and oxygen atoms in total. The average molecular weight is 472 g/mol.